The monoisotopic (exact) mass is 276 g/mol. The van der Waals surface area contributed by atoms with Gasteiger partial charge in [0.2, 0.25) is 0 Å². The van der Waals surface area contributed by atoms with Crippen molar-refractivity contribution in [3.8, 4) is 0 Å². The van der Waals surface area contributed by atoms with Crippen LogP contribution in [0.25, 0.3) is 0 Å². The van der Waals surface area contributed by atoms with E-state index in [1.165, 1.54) is 0 Å². The average Bonchev–Trinajstić information content (AvgIpc) is 2.45. The Balaban J connectivity index is 1.95. The molecule has 1 saturated carbocycles. The van der Waals surface area contributed by atoms with Crippen molar-refractivity contribution in [1.82, 2.24) is 5.32 Å². The number of nitrogen functional groups attached to an aromatic ring is 1. The molecule has 1 aromatic rings. The van der Waals surface area contributed by atoms with Crippen molar-refractivity contribution >= 4 is 17.6 Å². The molecule has 5 nitrogen and oxygen atoms in total. The zero-order valence-electron chi connectivity index (χ0n) is 11.3. The van der Waals surface area contributed by atoms with Crippen molar-refractivity contribution in [3.63, 3.8) is 0 Å². The van der Waals surface area contributed by atoms with E-state index in [0.29, 0.717) is 24.2 Å². The zero-order valence-corrected chi connectivity index (χ0v) is 11.3. The van der Waals surface area contributed by atoms with Crippen molar-refractivity contribution in [2.45, 2.75) is 25.7 Å². The molecule has 0 radical (unpaired) electrons. The van der Waals surface area contributed by atoms with Crippen LogP contribution in [0.4, 0.5) is 5.69 Å². The topological polar surface area (TPSA) is 92.4 Å². The predicted molar refractivity (Wildman–Crippen MR) is 76.3 cm³/mol. The maximum absolute atomic E-state index is 12.0. The average molecular weight is 276 g/mol. The van der Waals surface area contributed by atoms with E-state index in [1.54, 1.807) is 24.3 Å². The number of carboxylic acid groups (broad SMARTS) is 1. The highest BCUT2D eigenvalue weighted by Crippen LogP contribution is 2.29. The Labute approximate surface area is 118 Å². The Morgan fingerprint density at radius 1 is 1.25 bits per heavy atom. The van der Waals surface area contributed by atoms with Gasteiger partial charge in [-0.25, -0.2) is 0 Å². The molecular formula is C15H20N2O3. The number of rotatable bonds is 4. The van der Waals surface area contributed by atoms with E-state index >= 15 is 0 Å². The van der Waals surface area contributed by atoms with Crippen molar-refractivity contribution in [2.24, 2.45) is 11.8 Å². The minimum atomic E-state index is -0.761. The highest BCUT2D eigenvalue weighted by molar-refractivity contribution is 5.99. The first-order chi connectivity index (χ1) is 9.59. The van der Waals surface area contributed by atoms with Gasteiger partial charge in [-0.2, -0.15) is 0 Å². The van der Waals surface area contributed by atoms with Gasteiger partial charge in [0.15, 0.2) is 0 Å². The van der Waals surface area contributed by atoms with E-state index in [4.69, 9.17) is 5.73 Å². The van der Waals surface area contributed by atoms with Gasteiger partial charge in [-0.3, -0.25) is 9.59 Å². The first-order valence-corrected chi connectivity index (χ1v) is 6.95. The van der Waals surface area contributed by atoms with Gasteiger partial charge >= 0.3 is 5.97 Å². The number of anilines is 1. The lowest BCUT2D eigenvalue weighted by Gasteiger charge is -2.28. The molecule has 1 aliphatic rings. The molecule has 4 N–H and O–H groups in total. The molecule has 0 heterocycles. The summed E-state index contributed by atoms with van der Waals surface area (Å²) in [4.78, 5) is 23.2. The van der Waals surface area contributed by atoms with Gasteiger partial charge in [0.25, 0.3) is 5.91 Å². The van der Waals surface area contributed by atoms with Crippen LogP contribution in [-0.2, 0) is 4.79 Å². The zero-order chi connectivity index (χ0) is 14.5. The van der Waals surface area contributed by atoms with E-state index in [-0.39, 0.29) is 17.7 Å². The Bertz CT molecular complexity index is 502. The van der Waals surface area contributed by atoms with Crippen LogP contribution in [0.1, 0.15) is 36.0 Å². The van der Waals surface area contributed by atoms with Crippen LogP contribution in [0.3, 0.4) is 0 Å². The number of para-hydroxylation sites is 1. The van der Waals surface area contributed by atoms with Crippen LogP contribution in [0.2, 0.25) is 0 Å². The third-order valence-corrected chi connectivity index (χ3v) is 3.96. The van der Waals surface area contributed by atoms with Crippen LogP contribution in [0.15, 0.2) is 24.3 Å². The third kappa shape index (κ3) is 3.29. The second kappa shape index (κ2) is 6.41. The number of nitrogens with two attached hydrogens (primary N) is 1. The maximum atomic E-state index is 12.0. The molecule has 0 aromatic heterocycles. The van der Waals surface area contributed by atoms with Gasteiger partial charge in [0.1, 0.15) is 0 Å². The summed E-state index contributed by atoms with van der Waals surface area (Å²) in [6.07, 6.45) is 3.52. The van der Waals surface area contributed by atoms with Crippen LogP contribution in [0, 0.1) is 11.8 Å². The number of hydrogen-bond donors (Lipinski definition) is 3. The SMILES string of the molecule is Nc1ccccc1C(=O)NCC1CCCCC1C(=O)O. The molecule has 2 unspecified atom stereocenters. The number of carbonyl (C=O) groups excluding carboxylic acids is 1. The normalized spacial score (nSPS) is 22.2. The summed E-state index contributed by atoms with van der Waals surface area (Å²) in [7, 11) is 0. The lowest BCUT2D eigenvalue weighted by Crippen LogP contribution is -2.37. The Hall–Kier alpha value is -2.04. The summed E-state index contributed by atoms with van der Waals surface area (Å²) < 4.78 is 0. The Morgan fingerprint density at radius 2 is 1.95 bits per heavy atom. The molecule has 108 valence electrons. The molecule has 0 saturated heterocycles. The second-order valence-corrected chi connectivity index (χ2v) is 5.29. The molecule has 1 fully saturated rings. The van der Waals surface area contributed by atoms with Crippen molar-refractivity contribution in [1.29, 1.82) is 0 Å². The first-order valence-electron chi connectivity index (χ1n) is 6.95. The number of carbonyl (C=O) groups is 2. The molecule has 5 heteroatoms. The fourth-order valence-electron chi connectivity index (χ4n) is 2.80. The summed E-state index contributed by atoms with van der Waals surface area (Å²) in [6, 6.07) is 6.87. The van der Waals surface area contributed by atoms with Gasteiger partial charge < -0.3 is 16.2 Å². The molecule has 1 aromatic carbocycles. The van der Waals surface area contributed by atoms with Gasteiger partial charge in [-0.1, -0.05) is 25.0 Å². The molecular weight excluding hydrogens is 256 g/mol. The van der Waals surface area contributed by atoms with Gasteiger partial charge in [-0.05, 0) is 30.9 Å². The summed E-state index contributed by atoms with van der Waals surface area (Å²) >= 11 is 0. The van der Waals surface area contributed by atoms with E-state index in [0.717, 1.165) is 19.3 Å². The molecule has 1 aliphatic carbocycles. The van der Waals surface area contributed by atoms with Crippen molar-refractivity contribution in [3.05, 3.63) is 29.8 Å². The number of hydrogen-bond acceptors (Lipinski definition) is 3. The fourth-order valence-corrected chi connectivity index (χ4v) is 2.80. The largest absolute Gasteiger partial charge is 0.481 e. The van der Waals surface area contributed by atoms with Gasteiger partial charge in [0, 0.05) is 12.2 Å². The smallest absolute Gasteiger partial charge is 0.306 e. The van der Waals surface area contributed by atoms with Crippen LogP contribution in [0.5, 0.6) is 0 Å². The number of carboxylic acids is 1. The van der Waals surface area contributed by atoms with Crippen LogP contribution < -0.4 is 11.1 Å². The van der Waals surface area contributed by atoms with Gasteiger partial charge in [-0.15, -0.1) is 0 Å². The molecule has 0 spiro atoms. The van der Waals surface area contributed by atoms with E-state index in [9.17, 15) is 14.7 Å². The summed E-state index contributed by atoms with van der Waals surface area (Å²) in [5.74, 6) is -1.34. The summed E-state index contributed by atoms with van der Waals surface area (Å²) in [6.45, 7) is 0.393. The van der Waals surface area contributed by atoms with Crippen molar-refractivity contribution < 1.29 is 14.7 Å². The Morgan fingerprint density at radius 3 is 2.65 bits per heavy atom. The second-order valence-electron chi connectivity index (χ2n) is 5.29. The lowest BCUT2D eigenvalue weighted by atomic mass is 9.79. The molecule has 0 aliphatic heterocycles. The number of benzene rings is 1. The van der Waals surface area contributed by atoms with Crippen molar-refractivity contribution in [2.75, 3.05) is 12.3 Å². The number of nitrogens with one attached hydrogen (secondary N) is 1. The molecule has 2 atom stereocenters. The Kier molecular flexibility index (Phi) is 4.61. The quantitative estimate of drug-likeness (QED) is 0.732. The highest BCUT2D eigenvalue weighted by atomic mass is 16.4. The number of amides is 1. The highest BCUT2D eigenvalue weighted by Gasteiger charge is 2.30. The first kappa shape index (κ1) is 14.4. The van der Waals surface area contributed by atoms with Crippen LogP contribution in [-0.4, -0.2) is 23.5 Å². The van der Waals surface area contributed by atoms with E-state index < -0.39 is 5.97 Å². The molecule has 0 bridgehead atoms. The molecule has 20 heavy (non-hydrogen) atoms. The van der Waals surface area contributed by atoms with E-state index in [2.05, 4.69) is 5.32 Å². The number of aliphatic carboxylic acids is 1. The maximum Gasteiger partial charge on any atom is 0.306 e. The minimum Gasteiger partial charge on any atom is -0.481 e. The molecule has 1 amide bonds. The minimum absolute atomic E-state index is 0.00939. The van der Waals surface area contributed by atoms with Crippen LogP contribution >= 0.6 is 0 Å². The molecule has 2 rings (SSSR count). The summed E-state index contributed by atoms with van der Waals surface area (Å²) in [5.41, 5.74) is 6.62. The van der Waals surface area contributed by atoms with Gasteiger partial charge in [0.05, 0.1) is 11.5 Å². The summed E-state index contributed by atoms with van der Waals surface area (Å²) in [5, 5.41) is 12.0. The lowest BCUT2D eigenvalue weighted by molar-refractivity contribution is -0.144. The predicted octanol–water partition coefficient (Wildman–Crippen LogP) is 1.89. The van der Waals surface area contributed by atoms with E-state index in [1.807, 2.05) is 0 Å². The third-order valence-electron chi connectivity index (χ3n) is 3.96. The standard InChI is InChI=1S/C15H20N2O3/c16-13-8-4-3-7-12(13)14(18)17-9-10-5-1-2-6-11(10)15(19)20/h3-4,7-8,10-11H,1-2,5-6,9,16H2,(H,17,18)(H,19,20). The fraction of sp³-hybridized carbons (Fsp3) is 0.467.